The average molecular weight is 417 g/mol. The summed E-state index contributed by atoms with van der Waals surface area (Å²) in [5.41, 5.74) is 3.79. The Morgan fingerprint density at radius 3 is 2.45 bits per heavy atom. The fourth-order valence-corrected chi connectivity index (χ4v) is 4.25. The topological polar surface area (TPSA) is 50.6 Å². The van der Waals surface area contributed by atoms with Crippen molar-refractivity contribution in [2.75, 3.05) is 18.2 Å². The summed E-state index contributed by atoms with van der Waals surface area (Å²) < 4.78 is 7.45. The monoisotopic (exact) mass is 416 g/mol. The zero-order valence-electron chi connectivity index (χ0n) is 18.1. The van der Waals surface area contributed by atoms with E-state index in [1.165, 1.54) is 12.8 Å². The van der Waals surface area contributed by atoms with Gasteiger partial charge in [0.25, 0.3) is 5.56 Å². The lowest BCUT2D eigenvalue weighted by Crippen LogP contribution is -2.48. The second-order valence-corrected chi connectivity index (χ2v) is 8.33. The predicted octanol–water partition coefficient (Wildman–Crippen LogP) is 4.07. The van der Waals surface area contributed by atoms with Crippen LogP contribution in [0.2, 0.25) is 0 Å². The summed E-state index contributed by atoms with van der Waals surface area (Å²) in [7, 11) is 0. The number of benzene rings is 2. The van der Waals surface area contributed by atoms with Crippen molar-refractivity contribution >= 4 is 11.6 Å². The van der Waals surface area contributed by atoms with Crippen LogP contribution in [-0.4, -0.2) is 33.8 Å². The standard InChI is InChI=1S/C25H28N4O2/c1-3-31-22-13-11-21(12-14-22)28-16-27(20-9-10-20)17-29-24(30)23(18(2)26-25(28)29)15-19-7-5-4-6-8-19/h4-8,11-14,20H,3,9-10,15-17H2,1-2H3. The Morgan fingerprint density at radius 1 is 1.03 bits per heavy atom. The van der Waals surface area contributed by atoms with Gasteiger partial charge < -0.3 is 4.74 Å². The molecule has 1 fully saturated rings. The van der Waals surface area contributed by atoms with Gasteiger partial charge in [0.15, 0.2) is 0 Å². The normalized spacial score (nSPS) is 16.3. The van der Waals surface area contributed by atoms with Crippen LogP contribution in [-0.2, 0) is 13.1 Å². The van der Waals surface area contributed by atoms with Crippen molar-refractivity contribution in [1.82, 2.24) is 14.5 Å². The third-order valence-electron chi connectivity index (χ3n) is 6.08. The van der Waals surface area contributed by atoms with Gasteiger partial charge in [0.2, 0.25) is 5.95 Å². The Morgan fingerprint density at radius 2 is 1.77 bits per heavy atom. The van der Waals surface area contributed by atoms with E-state index in [-0.39, 0.29) is 5.56 Å². The summed E-state index contributed by atoms with van der Waals surface area (Å²) in [5.74, 6) is 1.57. The number of fused-ring (bicyclic) bond motifs is 1. The van der Waals surface area contributed by atoms with Gasteiger partial charge in [-0.15, -0.1) is 0 Å². The van der Waals surface area contributed by atoms with Gasteiger partial charge in [-0.05, 0) is 56.5 Å². The van der Waals surface area contributed by atoms with E-state index in [9.17, 15) is 4.79 Å². The number of aromatic nitrogens is 2. The van der Waals surface area contributed by atoms with E-state index in [0.717, 1.165) is 40.9 Å². The minimum atomic E-state index is 0.0626. The van der Waals surface area contributed by atoms with Gasteiger partial charge in [-0.1, -0.05) is 30.3 Å². The number of hydrogen-bond donors (Lipinski definition) is 0. The van der Waals surface area contributed by atoms with Gasteiger partial charge >= 0.3 is 0 Å². The Balaban J connectivity index is 1.55. The molecule has 0 radical (unpaired) electrons. The van der Waals surface area contributed by atoms with E-state index in [0.29, 0.717) is 25.7 Å². The van der Waals surface area contributed by atoms with Crippen LogP contribution in [0.25, 0.3) is 0 Å². The molecule has 2 heterocycles. The number of nitrogens with zero attached hydrogens (tertiary/aromatic N) is 4. The largest absolute Gasteiger partial charge is 0.494 e. The highest BCUT2D eigenvalue weighted by Crippen LogP contribution is 2.34. The molecule has 0 amide bonds. The van der Waals surface area contributed by atoms with Gasteiger partial charge in [-0.3, -0.25) is 19.2 Å². The van der Waals surface area contributed by atoms with Crippen molar-refractivity contribution in [3.05, 3.63) is 81.8 Å². The Hall–Kier alpha value is -3.12. The van der Waals surface area contributed by atoms with E-state index >= 15 is 0 Å². The molecule has 3 aromatic rings. The lowest BCUT2D eigenvalue weighted by atomic mass is 10.1. The first-order chi connectivity index (χ1) is 15.1. The van der Waals surface area contributed by atoms with Gasteiger partial charge in [-0.2, -0.15) is 0 Å². The molecule has 2 aliphatic rings. The predicted molar refractivity (Wildman–Crippen MR) is 122 cm³/mol. The van der Waals surface area contributed by atoms with Crippen LogP contribution in [0, 0.1) is 6.92 Å². The van der Waals surface area contributed by atoms with Gasteiger partial charge in [0.05, 0.1) is 25.6 Å². The summed E-state index contributed by atoms with van der Waals surface area (Å²) in [6, 6.07) is 18.7. The van der Waals surface area contributed by atoms with Crippen LogP contribution in [0.15, 0.2) is 59.4 Å². The third-order valence-corrected chi connectivity index (χ3v) is 6.08. The first-order valence-electron chi connectivity index (χ1n) is 11.0. The number of aryl methyl sites for hydroxylation is 1. The van der Waals surface area contributed by atoms with Crippen LogP contribution in [0.1, 0.15) is 36.6 Å². The third kappa shape index (κ3) is 3.95. The van der Waals surface area contributed by atoms with E-state index in [2.05, 4.69) is 21.9 Å². The minimum absolute atomic E-state index is 0.0626. The zero-order chi connectivity index (χ0) is 21.4. The molecule has 31 heavy (non-hydrogen) atoms. The van der Waals surface area contributed by atoms with E-state index in [4.69, 9.17) is 9.72 Å². The van der Waals surface area contributed by atoms with E-state index < -0.39 is 0 Å². The molecule has 2 aromatic carbocycles. The fraction of sp³-hybridized carbons (Fsp3) is 0.360. The lowest BCUT2D eigenvalue weighted by molar-refractivity contribution is 0.188. The molecule has 0 saturated heterocycles. The molecular formula is C25H28N4O2. The van der Waals surface area contributed by atoms with Crippen molar-refractivity contribution < 1.29 is 4.74 Å². The maximum atomic E-state index is 13.6. The van der Waals surface area contributed by atoms with Crippen molar-refractivity contribution in [3.63, 3.8) is 0 Å². The molecule has 1 aliphatic carbocycles. The smallest absolute Gasteiger partial charge is 0.259 e. The van der Waals surface area contributed by atoms with Crippen molar-refractivity contribution in [1.29, 1.82) is 0 Å². The van der Waals surface area contributed by atoms with Crippen LogP contribution in [0.3, 0.4) is 0 Å². The molecule has 0 unspecified atom stereocenters. The van der Waals surface area contributed by atoms with Crippen molar-refractivity contribution in [2.45, 2.75) is 45.8 Å². The number of anilines is 2. The SMILES string of the molecule is CCOc1ccc(N2CN(C3CC3)Cn3c2nc(C)c(Cc2ccccc2)c3=O)cc1. The molecule has 1 aliphatic heterocycles. The molecular weight excluding hydrogens is 388 g/mol. The average Bonchev–Trinajstić information content (AvgIpc) is 3.63. The minimum Gasteiger partial charge on any atom is -0.494 e. The summed E-state index contributed by atoms with van der Waals surface area (Å²) in [4.78, 5) is 23.1. The van der Waals surface area contributed by atoms with E-state index in [1.54, 1.807) is 0 Å². The van der Waals surface area contributed by atoms with Crippen LogP contribution in [0.4, 0.5) is 11.6 Å². The highest BCUT2D eigenvalue weighted by molar-refractivity contribution is 5.59. The van der Waals surface area contributed by atoms with Crippen LogP contribution in [0.5, 0.6) is 5.75 Å². The Kier molecular flexibility index (Phi) is 5.24. The summed E-state index contributed by atoms with van der Waals surface area (Å²) in [5, 5.41) is 0. The second-order valence-electron chi connectivity index (χ2n) is 8.33. The fourth-order valence-electron chi connectivity index (χ4n) is 4.25. The molecule has 1 aromatic heterocycles. The molecule has 1 saturated carbocycles. The Labute approximate surface area is 182 Å². The number of hydrogen-bond acceptors (Lipinski definition) is 5. The first kappa shape index (κ1) is 19.8. The maximum absolute atomic E-state index is 13.6. The molecule has 0 N–H and O–H groups in total. The first-order valence-corrected chi connectivity index (χ1v) is 11.0. The summed E-state index contributed by atoms with van der Waals surface area (Å²) in [6.45, 7) is 5.91. The molecule has 6 heteroatoms. The van der Waals surface area contributed by atoms with Crippen LogP contribution >= 0.6 is 0 Å². The molecule has 0 atom stereocenters. The van der Waals surface area contributed by atoms with Crippen molar-refractivity contribution in [3.8, 4) is 5.75 Å². The number of ether oxygens (including phenoxy) is 1. The molecule has 0 spiro atoms. The molecule has 0 bridgehead atoms. The quantitative estimate of drug-likeness (QED) is 0.606. The van der Waals surface area contributed by atoms with Gasteiger partial charge in [0.1, 0.15) is 5.75 Å². The molecule has 5 rings (SSSR count). The zero-order valence-corrected chi connectivity index (χ0v) is 18.1. The van der Waals surface area contributed by atoms with Crippen molar-refractivity contribution in [2.24, 2.45) is 0 Å². The number of rotatable bonds is 6. The van der Waals surface area contributed by atoms with E-state index in [1.807, 2.05) is 60.9 Å². The summed E-state index contributed by atoms with van der Waals surface area (Å²) >= 11 is 0. The highest BCUT2D eigenvalue weighted by atomic mass is 16.5. The summed E-state index contributed by atoms with van der Waals surface area (Å²) in [6.07, 6.45) is 2.99. The molecule has 6 nitrogen and oxygen atoms in total. The second kappa shape index (κ2) is 8.19. The lowest BCUT2D eigenvalue weighted by Gasteiger charge is -2.38. The molecule has 160 valence electrons. The van der Waals surface area contributed by atoms with Crippen LogP contribution < -0.4 is 15.2 Å². The van der Waals surface area contributed by atoms with Gasteiger partial charge in [0, 0.05) is 23.7 Å². The van der Waals surface area contributed by atoms with Gasteiger partial charge in [-0.25, -0.2) is 4.98 Å². The highest BCUT2D eigenvalue weighted by Gasteiger charge is 2.36. The maximum Gasteiger partial charge on any atom is 0.259 e. The Bertz CT molecular complexity index is 1120.